The number of halogens is 1. The lowest BCUT2D eigenvalue weighted by atomic mass is 10.0. The van der Waals surface area contributed by atoms with Gasteiger partial charge in [-0.15, -0.1) is 0 Å². The van der Waals surface area contributed by atoms with Crippen LogP contribution in [0, 0.1) is 6.92 Å². The highest BCUT2D eigenvalue weighted by Gasteiger charge is 2.19. The molecule has 25 heavy (non-hydrogen) atoms. The van der Waals surface area contributed by atoms with Crippen LogP contribution in [0.1, 0.15) is 15.9 Å². The molecule has 0 spiro atoms. The molecule has 0 aliphatic heterocycles. The Morgan fingerprint density at radius 3 is 2.88 bits per heavy atom. The molecule has 1 aromatic carbocycles. The number of hydrogen-bond acceptors (Lipinski definition) is 3. The van der Waals surface area contributed by atoms with Crippen LogP contribution in [0.3, 0.4) is 0 Å². The van der Waals surface area contributed by atoms with Gasteiger partial charge in [-0.1, -0.05) is 17.7 Å². The molecule has 3 heterocycles. The van der Waals surface area contributed by atoms with E-state index in [0.29, 0.717) is 27.7 Å². The van der Waals surface area contributed by atoms with Crippen LogP contribution in [-0.2, 0) is 0 Å². The van der Waals surface area contributed by atoms with Crippen molar-refractivity contribution in [2.45, 2.75) is 6.92 Å². The van der Waals surface area contributed by atoms with Gasteiger partial charge in [-0.3, -0.25) is 14.9 Å². The molecule has 7 heteroatoms. The van der Waals surface area contributed by atoms with Crippen LogP contribution in [-0.4, -0.2) is 26.1 Å². The number of carbonyl (C=O) groups is 1. The molecule has 124 valence electrons. The first-order chi connectivity index (χ1) is 12.0. The summed E-state index contributed by atoms with van der Waals surface area (Å²) in [5.74, 6) is -0.517. The molecule has 0 saturated carbocycles. The molecule has 0 radical (unpaired) electrons. The molecule has 1 amide bonds. The second-order valence-corrected chi connectivity index (χ2v) is 6.22. The maximum Gasteiger partial charge on any atom is 0.250 e. The standard InChI is InChI=1S/C18H14ClN5O/c1-9-2-3-10(19)6-11(9)16-12(18(20)25)7-15(23-16)17-13-8-22-24-14(13)4-5-21-17/h2-8,23H,1H3,(H2,20,25)(H,22,24). The minimum atomic E-state index is -0.517. The first-order valence-corrected chi connectivity index (χ1v) is 8.00. The van der Waals surface area contributed by atoms with Crippen molar-refractivity contribution in [2.24, 2.45) is 5.73 Å². The molecule has 4 N–H and O–H groups in total. The second-order valence-electron chi connectivity index (χ2n) is 5.79. The number of aromatic nitrogens is 4. The van der Waals surface area contributed by atoms with Gasteiger partial charge in [0.1, 0.15) is 0 Å². The van der Waals surface area contributed by atoms with Gasteiger partial charge in [0.25, 0.3) is 5.91 Å². The van der Waals surface area contributed by atoms with Gasteiger partial charge < -0.3 is 10.7 Å². The Balaban J connectivity index is 1.97. The molecule has 0 bridgehead atoms. The summed E-state index contributed by atoms with van der Waals surface area (Å²) in [6.45, 7) is 1.95. The predicted octanol–water partition coefficient (Wildman–Crippen LogP) is 3.68. The van der Waals surface area contributed by atoms with Crippen molar-refractivity contribution in [2.75, 3.05) is 0 Å². The molecule has 0 fully saturated rings. The van der Waals surface area contributed by atoms with Crippen molar-refractivity contribution in [1.82, 2.24) is 20.2 Å². The molecule has 0 saturated heterocycles. The number of aromatic amines is 2. The Bertz CT molecular complexity index is 1110. The average Bonchev–Trinajstić information content (AvgIpc) is 3.23. The number of nitrogens with two attached hydrogens (primary N) is 1. The molecule has 0 atom stereocenters. The molecule has 0 unspecified atom stereocenters. The van der Waals surface area contributed by atoms with Gasteiger partial charge in [0.05, 0.1) is 34.4 Å². The van der Waals surface area contributed by atoms with E-state index in [1.165, 1.54) is 0 Å². The van der Waals surface area contributed by atoms with Crippen LogP contribution in [0.4, 0.5) is 0 Å². The lowest BCUT2D eigenvalue weighted by Gasteiger charge is -2.06. The zero-order chi connectivity index (χ0) is 17.6. The smallest absolute Gasteiger partial charge is 0.250 e. The zero-order valence-electron chi connectivity index (χ0n) is 13.3. The fourth-order valence-electron chi connectivity index (χ4n) is 2.93. The molecule has 0 aliphatic rings. The van der Waals surface area contributed by atoms with E-state index in [1.54, 1.807) is 18.5 Å². The summed E-state index contributed by atoms with van der Waals surface area (Å²) in [5, 5.41) is 8.40. The van der Waals surface area contributed by atoms with E-state index in [-0.39, 0.29) is 0 Å². The molecule has 6 nitrogen and oxygen atoms in total. The van der Waals surface area contributed by atoms with Gasteiger partial charge in [0, 0.05) is 22.2 Å². The minimum absolute atomic E-state index is 0.391. The number of nitrogens with zero attached hydrogens (tertiary/aromatic N) is 2. The monoisotopic (exact) mass is 351 g/mol. The molecule has 0 aliphatic carbocycles. The highest BCUT2D eigenvalue weighted by atomic mass is 35.5. The molecule has 3 aromatic heterocycles. The van der Waals surface area contributed by atoms with Crippen molar-refractivity contribution in [3.05, 3.63) is 58.9 Å². The van der Waals surface area contributed by atoms with Gasteiger partial charge in [-0.2, -0.15) is 5.10 Å². The van der Waals surface area contributed by atoms with Gasteiger partial charge in [-0.25, -0.2) is 0 Å². The van der Waals surface area contributed by atoms with E-state index in [1.807, 2.05) is 31.2 Å². The normalized spacial score (nSPS) is 11.1. The number of primary amides is 1. The molecule has 4 rings (SSSR count). The first kappa shape index (κ1) is 15.4. The number of hydrogen-bond donors (Lipinski definition) is 3. The number of benzene rings is 1. The number of rotatable bonds is 3. The average molecular weight is 352 g/mol. The fourth-order valence-corrected chi connectivity index (χ4v) is 3.11. The molecular weight excluding hydrogens is 338 g/mol. The van der Waals surface area contributed by atoms with E-state index in [4.69, 9.17) is 17.3 Å². The zero-order valence-corrected chi connectivity index (χ0v) is 14.1. The topological polar surface area (TPSA) is 100 Å². The maximum atomic E-state index is 12.0. The third kappa shape index (κ3) is 2.56. The van der Waals surface area contributed by atoms with Crippen LogP contribution in [0.2, 0.25) is 5.02 Å². The Labute approximate surface area is 148 Å². The quantitative estimate of drug-likeness (QED) is 0.524. The van der Waals surface area contributed by atoms with E-state index in [2.05, 4.69) is 20.2 Å². The Morgan fingerprint density at radius 1 is 1.24 bits per heavy atom. The highest BCUT2D eigenvalue weighted by Crippen LogP contribution is 2.33. The third-order valence-corrected chi connectivity index (χ3v) is 4.41. The van der Waals surface area contributed by atoms with Gasteiger partial charge in [0.2, 0.25) is 0 Å². The van der Waals surface area contributed by atoms with Gasteiger partial charge >= 0.3 is 0 Å². The number of aryl methyl sites for hydroxylation is 1. The van der Waals surface area contributed by atoms with Crippen molar-refractivity contribution in [1.29, 1.82) is 0 Å². The van der Waals surface area contributed by atoms with Crippen LogP contribution in [0.25, 0.3) is 33.5 Å². The molecular formula is C18H14ClN5O. The van der Waals surface area contributed by atoms with Crippen molar-refractivity contribution < 1.29 is 4.79 Å². The van der Waals surface area contributed by atoms with E-state index < -0.39 is 5.91 Å². The lowest BCUT2D eigenvalue weighted by molar-refractivity contribution is 0.100. The number of pyridine rings is 1. The maximum absolute atomic E-state index is 12.0. The van der Waals surface area contributed by atoms with Crippen molar-refractivity contribution >= 4 is 28.4 Å². The van der Waals surface area contributed by atoms with E-state index in [9.17, 15) is 4.79 Å². The van der Waals surface area contributed by atoms with Gasteiger partial charge in [0.15, 0.2) is 0 Å². The fraction of sp³-hybridized carbons (Fsp3) is 0.0556. The summed E-state index contributed by atoms with van der Waals surface area (Å²) in [7, 11) is 0. The largest absolute Gasteiger partial charge is 0.366 e. The SMILES string of the molecule is Cc1ccc(Cl)cc1-c1[nH]c(-c2nccc3[nH]ncc23)cc1C(N)=O. The predicted molar refractivity (Wildman–Crippen MR) is 97.4 cm³/mol. The Morgan fingerprint density at radius 2 is 2.08 bits per heavy atom. The first-order valence-electron chi connectivity index (χ1n) is 7.62. The summed E-state index contributed by atoms with van der Waals surface area (Å²) >= 11 is 6.13. The number of fused-ring (bicyclic) bond motifs is 1. The van der Waals surface area contributed by atoms with Crippen LogP contribution in [0.5, 0.6) is 0 Å². The summed E-state index contributed by atoms with van der Waals surface area (Å²) in [6.07, 6.45) is 3.39. The number of H-pyrrole nitrogens is 2. The second kappa shape index (κ2) is 5.75. The van der Waals surface area contributed by atoms with E-state index in [0.717, 1.165) is 22.0 Å². The van der Waals surface area contributed by atoms with Crippen molar-refractivity contribution in [3.8, 4) is 22.6 Å². The number of amides is 1. The summed E-state index contributed by atoms with van der Waals surface area (Å²) < 4.78 is 0. The van der Waals surface area contributed by atoms with Crippen molar-refractivity contribution in [3.63, 3.8) is 0 Å². The Hall–Kier alpha value is -3.12. The highest BCUT2D eigenvalue weighted by molar-refractivity contribution is 6.31. The van der Waals surface area contributed by atoms with Crippen LogP contribution >= 0.6 is 11.6 Å². The van der Waals surface area contributed by atoms with Gasteiger partial charge in [-0.05, 0) is 36.8 Å². The Kier molecular flexibility index (Phi) is 3.54. The van der Waals surface area contributed by atoms with E-state index >= 15 is 0 Å². The third-order valence-electron chi connectivity index (χ3n) is 4.18. The number of nitrogens with one attached hydrogen (secondary N) is 2. The summed E-state index contributed by atoms with van der Waals surface area (Å²) in [6, 6.07) is 9.07. The summed E-state index contributed by atoms with van der Waals surface area (Å²) in [5.41, 5.74) is 10.7. The lowest BCUT2D eigenvalue weighted by Crippen LogP contribution is -2.11. The van der Waals surface area contributed by atoms with Crippen LogP contribution < -0.4 is 5.73 Å². The number of carbonyl (C=O) groups excluding carboxylic acids is 1. The molecule has 4 aromatic rings. The summed E-state index contributed by atoms with van der Waals surface area (Å²) in [4.78, 5) is 19.7. The minimum Gasteiger partial charge on any atom is -0.366 e. The van der Waals surface area contributed by atoms with Crippen LogP contribution in [0.15, 0.2) is 42.7 Å².